The summed E-state index contributed by atoms with van der Waals surface area (Å²) in [6.07, 6.45) is -4.35. The number of carbonyl (C=O) groups is 2. The molecule has 11 heteroatoms. The molecule has 1 fully saturated rings. The fraction of sp³-hybridized carbons (Fsp3) is 0.348. The highest BCUT2D eigenvalue weighted by Gasteiger charge is 2.46. The topological polar surface area (TPSA) is 130 Å². The number of esters is 2. The first-order valence-electron chi connectivity index (χ1n) is 10.4. The van der Waals surface area contributed by atoms with Crippen LogP contribution in [0.15, 0.2) is 64.6 Å². The van der Waals surface area contributed by atoms with Crippen molar-refractivity contribution in [3.8, 4) is 0 Å². The molecular formula is C23H26N2O8S. The van der Waals surface area contributed by atoms with Crippen LogP contribution in [0.1, 0.15) is 29.8 Å². The van der Waals surface area contributed by atoms with Crippen LogP contribution in [-0.4, -0.2) is 57.8 Å². The predicted octanol–water partition coefficient (Wildman–Crippen LogP) is 2.18. The molecule has 1 heterocycles. The number of carbonyl (C=O) groups excluding carboxylic acids is 2. The number of benzene rings is 2. The monoisotopic (exact) mass is 490 g/mol. The van der Waals surface area contributed by atoms with Crippen LogP contribution >= 0.6 is 0 Å². The summed E-state index contributed by atoms with van der Waals surface area (Å²) < 4.78 is 47.6. The van der Waals surface area contributed by atoms with Gasteiger partial charge in [0, 0.05) is 14.0 Å². The van der Waals surface area contributed by atoms with Gasteiger partial charge in [-0.3, -0.25) is 4.79 Å². The summed E-state index contributed by atoms with van der Waals surface area (Å²) in [6, 6.07) is 14.3. The molecule has 1 saturated heterocycles. The number of rotatable bonds is 7. The molecule has 1 aliphatic heterocycles. The van der Waals surface area contributed by atoms with Crippen LogP contribution in [0.5, 0.6) is 0 Å². The van der Waals surface area contributed by atoms with Gasteiger partial charge in [-0.15, -0.1) is 0 Å². The normalized spacial score (nSPS) is 23.8. The summed E-state index contributed by atoms with van der Waals surface area (Å²) in [6.45, 7) is 4.61. The van der Waals surface area contributed by atoms with Gasteiger partial charge in [-0.1, -0.05) is 35.9 Å². The lowest BCUT2D eigenvalue weighted by Crippen LogP contribution is -2.57. The number of methoxy groups -OCH3 is 1. The zero-order chi connectivity index (χ0) is 24.9. The number of hydrazone groups is 1. The summed E-state index contributed by atoms with van der Waals surface area (Å²) >= 11 is 0. The van der Waals surface area contributed by atoms with E-state index in [1.165, 1.54) is 26.2 Å². The van der Waals surface area contributed by atoms with Crippen molar-refractivity contribution in [1.29, 1.82) is 0 Å². The number of aryl methyl sites for hydroxylation is 1. The zero-order valence-electron chi connectivity index (χ0n) is 19.1. The number of nitrogens with one attached hydrogen (secondary N) is 1. The second kappa shape index (κ2) is 10.8. The van der Waals surface area contributed by atoms with E-state index in [1.54, 1.807) is 49.4 Å². The van der Waals surface area contributed by atoms with Crippen LogP contribution in [0, 0.1) is 6.92 Å². The molecule has 0 aliphatic carbocycles. The number of hydrogen-bond donors (Lipinski definition) is 1. The molecule has 0 unspecified atom stereocenters. The molecule has 2 aromatic rings. The summed E-state index contributed by atoms with van der Waals surface area (Å²) in [5, 5.41) is 4.03. The third-order valence-corrected chi connectivity index (χ3v) is 6.22. The van der Waals surface area contributed by atoms with E-state index in [4.69, 9.17) is 18.9 Å². The highest BCUT2D eigenvalue weighted by molar-refractivity contribution is 7.89. The summed E-state index contributed by atoms with van der Waals surface area (Å²) in [4.78, 5) is 26.6. The van der Waals surface area contributed by atoms with Gasteiger partial charge in [0.25, 0.3) is 10.0 Å². The van der Waals surface area contributed by atoms with Gasteiger partial charge >= 0.3 is 11.9 Å². The molecule has 1 N–H and O–H groups in total. The van der Waals surface area contributed by atoms with Crippen molar-refractivity contribution in [2.24, 2.45) is 5.10 Å². The molecule has 0 aromatic heterocycles. The first-order chi connectivity index (χ1) is 16.1. The molecule has 0 radical (unpaired) electrons. The molecule has 182 valence electrons. The Hall–Kier alpha value is -3.28. The molecule has 1 aliphatic rings. The van der Waals surface area contributed by atoms with Crippen LogP contribution in [0.3, 0.4) is 0 Å². The van der Waals surface area contributed by atoms with Gasteiger partial charge in [0.1, 0.15) is 11.8 Å². The average Bonchev–Trinajstić information content (AvgIpc) is 2.81. The van der Waals surface area contributed by atoms with Gasteiger partial charge in [0.05, 0.1) is 10.5 Å². The maximum atomic E-state index is 12.8. The Kier molecular flexibility index (Phi) is 8.02. The van der Waals surface area contributed by atoms with Crippen LogP contribution in [-0.2, 0) is 33.8 Å². The first kappa shape index (κ1) is 25.3. The lowest BCUT2D eigenvalue weighted by molar-refractivity contribution is -0.218. The smallest absolute Gasteiger partial charge is 0.338 e. The van der Waals surface area contributed by atoms with Gasteiger partial charge in [-0.25, -0.2) is 4.79 Å². The second-order valence-electron chi connectivity index (χ2n) is 7.61. The van der Waals surface area contributed by atoms with Crippen LogP contribution < -0.4 is 4.83 Å². The van der Waals surface area contributed by atoms with Gasteiger partial charge in [-0.2, -0.15) is 18.4 Å². The van der Waals surface area contributed by atoms with E-state index in [2.05, 4.69) is 9.93 Å². The fourth-order valence-corrected chi connectivity index (χ4v) is 4.12. The van der Waals surface area contributed by atoms with Crippen LogP contribution in [0.4, 0.5) is 0 Å². The highest BCUT2D eigenvalue weighted by atomic mass is 32.2. The van der Waals surface area contributed by atoms with E-state index in [1.807, 2.05) is 6.92 Å². The Balaban J connectivity index is 1.99. The van der Waals surface area contributed by atoms with Crippen LogP contribution in [0.25, 0.3) is 0 Å². The molecule has 0 spiro atoms. The third-order valence-electron chi connectivity index (χ3n) is 5.00. The largest absolute Gasteiger partial charge is 0.453 e. The van der Waals surface area contributed by atoms with Gasteiger partial charge in [0.15, 0.2) is 12.2 Å². The number of sulfonamides is 1. The van der Waals surface area contributed by atoms with Crippen molar-refractivity contribution in [2.45, 2.75) is 50.3 Å². The fourth-order valence-electron chi connectivity index (χ4n) is 3.29. The number of hydrogen-bond acceptors (Lipinski definition) is 9. The molecule has 34 heavy (non-hydrogen) atoms. The maximum absolute atomic E-state index is 12.8. The van der Waals surface area contributed by atoms with Crippen molar-refractivity contribution < 1.29 is 37.0 Å². The van der Waals surface area contributed by atoms with Gasteiger partial charge in [0.2, 0.25) is 6.29 Å². The lowest BCUT2D eigenvalue weighted by atomic mass is 10.00. The van der Waals surface area contributed by atoms with Crippen molar-refractivity contribution in [1.82, 2.24) is 4.83 Å². The molecule has 10 nitrogen and oxygen atoms in total. The molecular weight excluding hydrogens is 464 g/mol. The van der Waals surface area contributed by atoms with Gasteiger partial charge < -0.3 is 18.9 Å². The quantitative estimate of drug-likeness (QED) is 0.462. The SMILES string of the molecule is CO[C@@H]1O[C@@H](C)[C@H](OC(C)=O)/C(=N\NS(=O)(=O)c2ccc(C)cc2)[C@H]1OC(=O)c1ccccc1. The van der Waals surface area contributed by atoms with Crippen molar-refractivity contribution >= 4 is 27.7 Å². The number of nitrogens with zero attached hydrogens (tertiary/aromatic N) is 1. The Morgan fingerprint density at radius 1 is 1.00 bits per heavy atom. The van der Waals surface area contributed by atoms with Crippen molar-refractivity contribution in [3.63, 3.8) is 0 Å². The lowest BCUT2D eigenvalue weighted by Gasteiger charge is -2.39. The summed E-state index contributed by atoms with van der Waals surface area (Å²) in [5.74, 6) is -1.37. The van der Waals surface area contributed by atoms with E-state index in [0.717, 1.165) is 5.56 Å². The Morgan fingerprint density at radius 2 is 1.65 bits per heavy atom. The Morgan fingerprint density at radius 3 is 2.24 bits per heavy atom. The minimum Gasteiger partial charge on any atom is -0.453 e. The zero-order valence-corrected chi connectivity index (χ0v) is 19.9. The van der Waals surface area contributed by atoms with E-state index >= 15 is 0 Å². The average molecular weight is 491 g/mol. The maximum Gasteiger partial charge on any atom is 0.338 e. The van der Waals surface area contributed by atoms with E-state index < -0.39 is 46.6 Å². The third kappa shape index (κ3) is 5.99. The molecule has 4 atom stereocenters. The number of ether oxygens (including phenoxy) is 4. The Labute approximate surface area is 197 Å². The van der Waals surface area contributed by atoms with E-state index in [-0.39, 0.29) is 16.2 Å². The van der Waals surface area contributed by atoms with Crippen LogP contribution in [0.2, 0.25) is 0 Å². The molecule has 0 bridgehead atoms. The Bertz CT molecular complexity index is 1150. The highest BCUT2D eigenvalue weighted by Crippen LogP contribution is 2.25. The molecule has 0 amide bonds. The summed E-state index contributed by atoms with van der Waals surface area (Å²) in [7, 11) is -2.74. The van der Waals surface area contributed by atoms with E-state index in [0.29, 0.717) is 0 Å². The molecule has 0 saturated carbocycles. The molecule has 3 rings (SSSR count). The van der Waals surface area contributed by atoms with Crippen molar-refractivity contribution in [3.05, 3.63) is 65.7 Å². The first-order valence-corrected chi connectivity index (χ1v) is 11.9. The predicted molar refractivity (Wildman–Crippen MR) is 121 cm³/mol. The van der Waals surface area contributed by atoms with Gasteiger partial charge in [-0.05, 0) is 38.1 Å². The van der Waals surface area contributed by atoms with E-state index in [9.17, 15) is 18.0 Å². The minimum atomic E-state index is -4.07. The summed E-state index contributed by atoms with van der Waals surface area (Å²) in [5.41, 5.74) is 1.05. The standard InChI is InChI=1S/C23H26N2O8S/c1-14-10-12-18(13-11-14)34(28,29)25-24-19-20(32-16(3)26)15(2)31-23(30-4)21(19)33-22(27)17-8-6-5-7-9-17/h5-13,15,20-21,23,25H,1-4H3/b24-19+/t15-,20-,21+,23+/m0/s1. The second-order valence-corrected chi connectivity index (χ2v) is 9.27. The minimum absolute atomic E-state index is 0.0206. The van der Waals surface area contributed by atoms with Crippen molar-refractivity contribution in [2.75, 3.05) is 7.11 Å². The molecule has 2 aromatic carbocycles.